The molecule has 0 bridgehead atoms. The molecule has 0 heterocycles. The molecule has 1 unspecified atom stereocenters. The van der Waals surface area contributed by atoms with Gasteiger partial charge in [-0.3, -0.25) is 4.79 Å². The fourth-order valence-corrected chi connectivity index (χ4v) is 1.21. The van der Waals surface area contributed by atoms with Crippen molar-refractivity contribution in [1.29, 1.82) is 0 Å². The highest BCUT2D eigenvalue weighted by Gasteiger charge is 2.27. The first-order valence-electron chi connectivity index (χ1n) is 5.76. The highest BCUT2D eigenvalue weighted by atomic mass is 16.3. The first-order valence-corrected chi connectivity index (χ1v) is 5.76. The summed E-state index contributed by atoms with van der Waals surface area (Å²) < 4.78 is 0. The van der Waals surface area contributed by atoms with Crippen molar-refractivity contribution in [3.05, 3.63) is 0 Å². The largest absolute Gasteiger partial charge is 0.396 e. The van der Waals surface area contributed by atoms with Gasteiger partial charge >= 0.3 is 0 Å². The van der Waals surface area contributed by atoms with Gasteiger partial charge in [0.25, 0.3) is 0 Å². The fourth-order valence-electron chi connectivity index (χ4n) is 1.21. The molecular weight excluding hydrogens is 208 g/mol. The first-order chi connectivity index (χ1) is 7.50. The van der Waals surface area contributed by atoms with Gasteiger partial charge in [-0.1, -0.05) is 6.92 Å². The maximum atomic E-state index is 11.6. The van der Waals surface area contributed by atoms with Gasteiger partial charge in [-0.15, -0.1) is 0 Å². The summed E-state index contributed by atoms with van der Waals surface area (Å²) in [5.41, 5.74) is -0.575. The molecule has 0 aromatic carbocycles. The molecule has 5 nitrogen and oxygen atoms in total. The van der Waals surface area contributed by atoms with Crippen LogP contribution in [0.5, 0.6) is 0 Å². The van der Waals surface area contributed by atoms with Gasteiger partial charge in [0.15, 0.2) is 0 Å². The number of carbonyl (C=O) groups excluding carboxylic acids is 1. The molecule has 16 heavy (non-hydrogen) atoms. The minimum absolute atomic E-state index is 0.0132. The molecule has 4 N–H and O–H groups in total. The summed E-state index contributed by atoms with van der Waals surface area (Å²) in [5.74, 6) is -0.0132. The zero-order chi connectivity index (χ0) is 12.2. The molecule has 0 aromatic rings. The molecule has 1 saturated carbocycles. The van der Waals surface area contributed by atoms with E-state index in [0.717, 1.165) is 12.8 Å². The zero-order valence-electron chi connectivity index (χ0n) is 9.99. The molecule has 1 atom stereocenters. The molecule has 0 saturated heterocycles. The Labute approximate surface area is 96.2 Å². The molecule has 1 amide bonds. The molecule has 0 radical (unpaired) electrons. The van der Waals surface area contributed by atoms with Crippen molar-refractivity contribution in [1.82, 2.24) is 10.6 Å². The number of aliphatic hydroxyl groups is 2. The summed E-state index contributed by atoms with van der Waals surface area (Å²) in [4.78, 5) is 11.6. The predicted molar refractivity (Wildman–Crippen MR) is 60.9 cm³/mol. The number of amides is 1. The minimum Gasteiger partial charge on any atom is -0.396 e. The van der Waals surface area contributed by atoms with Crippen LogP contribution in [0.2, 0.25) is 0 Å². The Bertz CT molecular complexity index is 237. The third kappa shape index (κ3) is 4.08. The van der Waals surface area contributed by atoms with E-state index in [1.165, 1.54) is 0 Å². The van der Waals surface area contributed by atoms with Gasteiger partial charge in [-0.05, 0) is 19.8 Å². The van der Waals surface area contributed by atoms with Gasteiger partial charge in [0, 0.05) is 18.0 Å². The van der Waals surface area contributed by atoms with E-state index in [1.807, 2.05) is 0 Å². The smallest absolute Gasteiger partial charge is 0.237 e. The molecule has 1 fully saturated rings. The Hall–Kier alpha value is -0.650. The Morgan fingerprint density at radius 3 is 2.44 bits per heavy atom. The normalized spacial score (nSPS) is 18.2. The van der Waals surface area contributed by atoms with E-state index in [1.54, 1.807) is 13.8 Å². The van der Waals surface area contributed by atoms with E-state index >= 15 is 0 Å². The molecule has 1 rings (SSSR count). The number of rotatable bonds is 7. The van der Waals surface area contributed by atoms with Crippen molar-refractivity contribution in [3.8, 4) is 0 Å². The van der Waals surface area contributed by atoms with Crippen LogP contribution in [0.3, 0.4) is 0 Å². The maximum absolute atomic E-state index is 11.6. The lowest BCUT2D eigenvalue weighted by atomic mass is 9.93. The number of hydrogen-bond donors (Lipinski definition) is 4. The molecule has 0 aromatic heterocycles. The molecule has 0 spiro atoms. The topological polar surface area (TPSA) is 81.6 Å². The highest BCUT2D eigenvalue weighted by molar-refractivity contribution is 5.81. The van der Waals surface area contributed by atoms with Gasteiger partial charge < -0.3 is 20.8 Å². The monoisotopic (exact) mass is 230 g/mol. The second kappa shape index (κ2) is 5.61. The lowest BCUT2D eigenvalue weighted by Crippen LogP contribution is -2.48. The number of hydrogen-bond acceptors (Lipinski definition) is 4. The second-order valence-corrected chi connectivity index (χ2v) is 5.01. The highest BCUT2D eigenvalue weighted by Crippen LogP contribution is 2.18. The fraction of sp³-hybridized carbons (Fsp3) is 0.909. The first kappa shape index (κ1) is 13.4. The Kier molecular flexibility index (Phi) is 4.70. The zero-order valence-corrected chi connectivity index (χ0v) is 9.99. The van der Waals surface area contributed by atoms with Crippen LogP contribution in [0.4, 0.5) is 0 Å². The average molecular weight is 230 g/mol. The van der Waals surface area contributed by atoms with Crippen LogP contribution in [0.1, 0.15) is 26.7 Å². The minimum atomic E-state index is -0.575. The third-order valence-corrected chi connectivity index (χ3v) is 2.92. The summed E-state index contributed by atoms with van der Waals surface area (Å²) >= 11 is 0. The summed E-state index contributed by atoms with van der Waals surface area (Å²) in [7, 11) is 0. The molecule has 94 valence electrons. The summed E-state index contributed by atoms with van der Waals surface area (Å²) in [6, 6.07) is 0.0665. The van der Waals surface area contributed by atoms with Crippen LogP contribution in [-0.2, 0) is 4.79 Å². The van der Waals surface area contributed by atoms with Gasteiger partial charge in [-0.2, -0.15) is 0 Å². The lowest BCUT2D eigenvalue weighted by molar-refractivity contribution is -0.123. The van der Waals surface area contributed by atoms with Crippen molar-refractivity contribution >= 4 is 5.91 Å². The van der Waals surface area contributed by atoms with E-state index in [2.05, 4.69) is 10.6 Å². The van der Waals surface area contributed by atoms with Gasteiger partial charge in [0.05, 0.1) is 19.3 Å². The average Bonchev–Trinajstić information content (AvgIpc) is 3.09. The van der Waals surface area contributed by atoms with Crippen LogP contribution < -0.4 is 10.6 Å². The van der Waals surface area contributed by atoms with Crippen molar-refractivity contribution in [2.75, 3.05) is 19.8 Å². The van der Waals surface area contributed by atoms with E-state index < -0.39 is 5.41 Å². The Morgan fingerprint density at radius 2 is 2.00 bits per heavy atom. The quantitative estimate of drug-likeness (QED) is 0.463. The molecule has 5 heteroatoms. The SMILES string of the molecule is CC(NCC(C)(CO)CO)C(=O)NC1CC1. The van der Waals surface area contributed by atoms with Gasteiger partial charge in [-0.25, -0.2) is 0 Å². The van der Waals surface area contributed by atoms with E-state index in [-0.39, 0.29) is 25.2 Å². The predicted octanol–water partition coefficient (Wildman–Crippen LogP) is -0.766. The maximum Gasteiger partial charge on any atom is 0.237 e. The van der Waals surface area contributed by atoms with Crippen LogP contribution >= 0.6 is 0 Å². The van der Waals surface area contributed by atoms with Gasteiger partial charge in [0.1, 0.15) is 0 Å². The van der Waals surface area contributed by atoms with Crippen molar-refractivity contribution < 1.29 is 15.0 Å². The van der Waals surface area contributed by atoms with Crippen molar-refractivity contribution in [3.63, 3.8) is 0 Å². The number of carbonyl (C=O) groups is 1. The second-order valence-electron chi connectivity index (χ2n) is 5.01. The van der Waals surface area contributed by atoms with E-state index in [9.17, 15) is 4.79 Å². The standard InChI is InChI=1S/C11H22N2O3/c1-8(10(16)13-9-3-4-9)12-5-11(2,6-14)7-15/h8-9,12,14-15H,3-7H2,1-2H3,(H,13,16). The van der Waals surface area contributed by atoms with Crippen LogP contribution in [0, 0.1) is 5.41 Å². The molecule has 1 aliphatic carbocycles. The Balaban J connectivity index is 2.26. The molecular formula is C11H22N2O3. The lowest BCUT2D eigenvalue weighted by Gasteiger charge is -2.26. The van der Waals surface area contributed by atoms with Crippen LogP contribution in [-0.4, -0.2) is 48.0 Å². The Morgan fingerprint density at radius 1 is 1.44 bits per heavy atom. The van der Waals surface area contributed by atoms with Crippen LogP contribution in [0.15, 0.2) is 0 Å². The summed E-state index contributed by atoms with van der Waals surface area (Å²) in [5, 5.41) is 24.1. The summed E-state index contributed by atoms with van der Waals surface area (Å²) in [6.07, 6.45) is 2.15. The van der Waals surface area contributed by atoms with Crippen molar-refractivity contribution in [2.45, 2.75) is 38.8 Å². The number of aliphatic hydroxyl groups excluding tert-OH is 2. The third-order valence-electron chi connectivity index (χ3n) is 2.92. The van der Waals surface area contributed by atoms with E-state index in [4.69, 9.17) is 10.2 Å². The van der Waals surface area contributed by atoms with Gasteiger partial charge in [0.2, 0.25) is 5.91 Å². The number of nitrogens with one attached hydrogen (secondary N) is 2. The van der Waals surface area contributed by atoms with Crippen molar-refractivity contribution in [2.24, 2.45) is 5.41 Å². The van der Waals surface area contributed by atoms with E-state index in [0.29, 0.717) is 12.6 Å². The molecule has 1 aliphatic rings. The summed E-state index contributed by atoms with van der Waals surface area (Å²) in [6.45, 7) is 3.76. The molecule has 0 aliphatic heterocycles. The van der Waals surface area contributed by atoms with Crippen LogP contribution in [0.25, 0.3) is 0 Å².